The minimum atomic E-state index is -1.08. The number of nitrogens with zero attached hydrogens (tertiary/aromatic N) is 1. The van der Waals surface area contributed by atoms with E-state index in [1.165, 1.54) is 6.08 Å². The zero-order valence-corrected chi connectivity index (χ0v) is 14.5. The number of amides is 1. The van der Waals surface area contributed by atoms with Crippen molar-refractivity contribution in [3.05, 3.63) is 64.1 Å². The largest absolute Gasteiger partial charge is 0.481 e. The van der Waals surface area contributed by atoms with E-state index >= 15 is 0 Å². The lowest BCUT2D eigenvalue weighted by molar-refractivity contribution is -0.139. The van der Waals surface area contributed by atoms with Gasteiger partial charge in [0.25, 0.3) is 5.91 Å². The van der Waals surface area contributed by atoms with E-state index in [0.29, 0.717) is 21.5 Å². The number of nitriles is 1. The van der Waals surface area contributed by atoms with Crippen LogP contribution in [0.15, 0.2) is 58.6 Å². The Morgan fingerprint density at radius 3 is 2.56 bits per heavy atom. The minimum absolute atomic E-state index is 0.0602. The maximum absolute atomic E-state index is 12.2. The molecule has 0 unspecified atom stereocenters. The van der Waals surface area contributed by atoms with Gasteiger partial charge in [-0.1, -0.05) is 24.3 Å². The summed E-state index contributed by atoms with van der Waals surface area (Å²) in [6.07, 6.45) is 1.43. The molecule has 0 aromatic heterocycles. The van der Waals surface area contributed by atoms with Gasteiger partial charge in [0.15, 0.2) is 6.61 Å². The van der Waals surface area contributed by atoms with Crippen molar-refractivity contribution in [1.82, 2.24) is 0 Å². The topological polar surface area (TPSA) is 99.4 Å². The molecule has 0 spiro atoms. The van der Waals surface area contributed by atoms with Crippen LogP contribution in [0.3, 0.4) is 0 Å². The molecule has 1 amide bonds. The average Bonchev–Trinajstić information content (AvgIpc) is 2.59. The fourth-order valence-corrected chi connectivity index (χ4v) is 2.41. The van der Waals surface area contributed by atoms with Gasteiger partial charge in [0.05, 0.1) is 4.47 Å². The van der Waals surface area contributed by atoms with Crippen LogP contribution in [0.1, 0.15) is 5.56 Å². The number of hydrogen-bond donors (Lipinski definition) is 2. The van der Waals surface area contributed by atoms with Crippen molar-refractivity contribution in [2.75, 3.05) is 11.9 Å². The van der Waals surface area contributed by atoms with Crippen molar-refractivity contribution >= 4 is 39.6 Å². The fraction of sp³-hybridized carbons (Fsp3) is 0.0556. The standard InChI is InChI=1S/C18H13BrN2O4/c19-15-9-12(6-7-16(15)25-11-17(22)23)8-13(10-20)18(24)21-14-4-2-1-3-5-14/h1-9H,11H2,(H,21,24)(H,22,23)/b13-8+. The summed E-state index contributed by atoms with van der Waals surface area (Å²) in [6, 6.07) is 15.5. The molecule has 2 aromatic rings. The second-order valence-corrected chi connectivity index (χ2v) is 5.72. The summed E-state index contributed by atoms with van der Waals surface area (Å²) in [5.74, 6) is -1.25. The Labute approximate surface area is 152 Å². The summed E-state index contributed by atoms with van der Waals surface area (Å²) in [6.45, 7) is -0.462. The number of carboxylic acids is 1. The van der Waals surface area contributed by atoms with Crippen molar-refractivity contribution in [3.63, 3.8) is 0 Å². The quantitative estimate of drug-likeness (QED) is 0.571. The van der Waals surface area contributed by atoms with E-state index < -0.39 is 18.5 Å². The smallest absolute Gasteiger partial charge is 0.341 e. The highest BCUT2D eigenvalue weighted by Crippen LogP contribution is 2.27. The van der Waals surface area contributed by atoms with Crippen LogP contribution in [0.5, 0.6) is 5.75 Å². The van der Waals surface area contributed by atoms with Crippen LogP contribution in [-0.2, 0) is 9.59 Å². The number of rotatable bonds is 6. The molecule has 0 atom stereocenters. The summed E-state index contributed by atoms with van der Waals surface area (Å²) in [4.78, 5) is 22.7. The van der Waals surface area contributed by atoms with Crippen LogP contribution < -0.4 is 10.1 Å². The fourth-order valence-electron chi connectivity index (χ4n) is 1.90. The Hall–Kier alpha value is -3.11. The lowest BCUT2D eigenvalue weighted by Crippen LogP contribution is -2.13. The number of nitrogens with one attached hydrogen (secondary N) is 1. The number of carbonyl (C=O) groups is 2. The summed E-state index contributed by atoms with van der Waals surface area (Å²) in [5, 5.41) is 20.5. The number of benzene rings is 2. The van der Waals surface area contributed by atoms with Crippen LogP contribution in [0.4, 0.5) is 5.69 Å². The Morgan fingerprint density at radius 2 is 1.96 bits per heavy atom. The molecule has 0 aliphatic heterocycles. The molecule has 0 saturated heterocycles. The van der Waals surface area contributed by atoms with Crippen LogP contribution >= 0.6 is 15.9 Å². The third-order valence-electron chi connectivity index (χ3n) is 3.01. The van der Waals surface area contributed by atoms with Gasteiger partial charge in [-0.05, 0) is 51.8 Å². The molecule has 7 heteroatoms. The number of aliphatic carboxylic acids is 1. The first-order chi connectivity index (χ1) is 12.0. The SMILES string of the molecule is N#C/C(=C\c1ccc(OCC(=O)O)c(Br)c1)C(=O)Nc1ccccc1. The highest BCUT2D eigenvalue weighted by Gasteiger charge is 2.10. The molecule has 0 heterocycles. The van der Waals surface area contributed by atoms with Gasteiger partial charge >= 0.3 is 5.97 Å². The predicted molar refractivity (Wildman–Crippen MR) is 95.9 cm³/mol. The zero-order chi connectivity index (χ0) is 18.2. The number of ether oxygens (including phenoxy) is 1. The lowest BCUT2D eigenvalue weighted by atomic mass is 10.1. The molecule has 126 valence electrons. The first-order valence-electron chi connectivity index (χ1n) is 7.12. The maximum Gasteiger partial charge on any atom is 0.341 e. The van der Waals surface area contributed by atoms with Crippen LogP contribution in [0.25, 0.3) is 6.08 Å². The van der Waals surface area contributed by atoms with E-state index in [0.717, 1.165) is 0 Å². The zero-order valence-electron chi connectivity index (χ0n) is 12.9. The lowest BCUT2D eigenvalue weighted by Gasteiger charge is -2.07. The van der Waals surface area contributed by atoms with Crippen molar-refractivity contribution < 1.29 is 19.4 Å². The summed E-state index contributed by atoms with van der Waals surface area (Å²) in [5.41, 5.74) is 1.12. The Bertz CT molecular complexity index is 857. The number of hydrogen-bond acceptors (Lipinski definition) is 4. The van der Waals surface area contributed by atoms with E-state index in [4.69, 9.17) is 9.84 Å². The van der Waals surface area contributed by atoms with Gasteiger partial charge in [0, 0.05) is 5.69 Å². The normalized spacial score (nSPS) is 10.6. The molecule has 2 rings (SSSR count). The monoisotopic (exact) mass is 400 g/mol. The van der Waals surface area contributed by atoms with E-state index in [9.17, 15) is 14.9 Å². The highest BCUT2D eigenvalue weighted by atomic mass is 79.9. The summed E-state index contributed by atoms with van der Waals surface area (Å²) >= 11 is 3.27. The second kappa shape index (κ2) is 8.66. The Morgan fingerprint density at radius 1 is 1.24 bits per heavy atom. The summed E-state index contributed by atoms with van der Waals surface area (Å²) < 4.78 is 5.62. The average molecular weight is 401 g/mol. The number of carboxylic acid groups (broad SMARTS) is 1. The molecule has 2 N–H and O–H groups in total. The summed E-state index contributed by atoms with van der Waals surface area (Å²) in [7, 11) is 0. The molecule has 6 nitrogen and oxygen atoms in total. The van der Waals surface area contributed by atoms with Crippen molar-refractivity contribution in [2.45, 2.75) is 0 Å². The van der Waals surface area contributed by atoms with E-state index in [2.05, 4.69) is 21.2 Å². The first-order valence-corrected chi connectivity index (χ1v) is 7.91. The molecule has 0 fully saturated rings. The van der Waals surface area contributed by atoms with Gasteiger partial charge in [-0.2, -0.15) is 5.26 Å². The van der Waals surface area contributed by atoms with Gasteiger partial charge in [-0.3, -0.25) is 4.79 Å². The third kappa shape index (κ3) is 5.48. The molecule has 25 heavy (non-hydrogen) atoms. The minimum Gasteiger partial charge on any atom is -0.481 e. The van der Waals surface area contributed by atoms with E-state index in [1.807, 2.05) is 12.1 Å². The maximum atomic E-state index is 12.2. The highest BCUT2D eigenvalue weighted by molar-refractivity contribution is 9.10. The second-order valence-electron chi connectivity index (χ2n) is 4.86. The molecular formula is C18H13BrN2O4. The Kier molecular flexibility index (Phi) is 6.32. The first kappa shape index (κ1) is 18.2. The van der Waals surface area contributed by atoms with Crippen molar-refractivity contribution in [1.29, 1.82) is 5.26 Å². The van der Waals surface area contributed by atoms with Gasteiger partial charge in [0.1, 0.15) is 17.4 Å². The number of carbonyl (C=O) groups excluding carboxylic acids is 1. The van der Waals surface area contributed by atoms with Crippen LogP contribution in [-0.4, -0.2) is 23.6 Å². The number of halogens is 1. The molecular weight excluding hydrogens is 388 g/mol. The molecule has 0 aliphatic rings. The molecule has 0 aliphatic carbocycles. The predicted octanol–water partition coefficient (Wildman–Crippen LogP) is 3.46. The van der Waals surface area contributed by atoms with Crippen molar-refractivity contribution in [2.24, 2.45) is 0 Å². The van der Waals surface area contributed by atoms with E-state index in [1.54, 1.807) is 42.5 Å². The van der Waals surface area contributed by atoms with Gasteiger partial charge in [-0.15, -0.1) is 0 Å². The van der Waals surface area contributed by atoms with Crippen LogP contribution in [0.2, 0.25) is 0 Å². The van der Waals surface area contributed by atoms with Gasteiger partial charge in [-0.25, -0.2) is 4.79 Å². The number of anilines is 1. The van der Waals surface area contributed by atoms with Crippen LogP contribution in [0, 0.1) is 11.3 Å². The molecule has 0 bridgehead atoms. The van der Waals surface area contributed by atoms with Gasteiger partial charge in [0.2, 0.25) is 0 Å². The third-order valence-corrected chi connectivity index (χ3v) is 3.63. The molecule has 0 radical (unpaired) electrons. The Balaban J connectivity index is 2.16. The molecule has 2 aromatic carbocycles. The van der Waals surface area contributed by atoms with E-state index in [-0.39, 0.29) is 5.57 Å². The molecule has 0 saturated carbocycles. The van der Waals surface area contributed by atoms with Gasteiger partial charge < -0.3 is 15.2 Å². The van der Waals surface area contributed by atoms with Crippen molar-refractivity contribution in [3.8, 4) is 11.8 Å². The number of para-hydroxylation sites is 1.